The van der Waals surface area contributed by atoms with Crippen molar-refractivity contribution in [3.8, 4) is 5.75 Å². The topological polar surface area (TPSA) is 49.7 Å². The predicted octanol–water partition coefficient (Wildman–Crippen LogP) is 2.24. The molecule has 0 atom stereocenters. The van der Waals surface area contributed by atoms with Gasteiger partial charge in [0.15, 0.2) is 0 Å². The van der Waals surface area contributed by atoms with E-state index in [1.165, 1.54) is 11.1 Å². The highest BCUT2D eigenvalue weighted by Crippen LogP contribution is 2.27. The molecule has 0 unspecified atom stereocenters. The Balaban J connectivity index is 2.85. The highest BCUT2D eigenvalue weighted by atomic mass is 16.5. The molecule has 1 aromatic rings. The number of aliphatic hydroxyl groups is 2. The van der Waals surface area contributed by atoms with Gasteiger partial charge in [-0.25, -0.2) is 0 Å². The number of hydrogen-bond acceptors (Lipinski definition) is 3. The molecule has 0 amide bonds. The van der Waals surface area contributed by atoms with Crippen LogP contribution in [0.4, 0.5) is 0 Å². The molecule has 0 aromatic heterocycles. The van der Waals surface area contributed by atoms with Crippen LogP contribution in [0, 0.1) is 19.8 Å². The average Bonchev–Trinajstić information content (AvgIpc) is 2.34. The lowest BCUT2D eigenvalue weighted by Crippen LogP contribution is -2.12. The smallest absolute Gasteiger partial charge is 0.125 e. The molecule has 18 heavy (non-hydrogen) atoms. The number of aliphatic hydroxyl groups excluding tert-OH is 2. The Morgan fingerprint density at radius 1 is 1.17 bits per heavy atom. The second kappa shape index (κ2) is 7.39. The Morgan fingerprint density at radius 2 is 1.83 bits per heavy atom. The second-order valence-electron chi connectivity index (χ2n) is 4.77. The SMILES string of the molecule is CCOc1c(C)cc(C)cc1CCC(CO)CO. The third kappa shape index (κ3) is 4.00. The molecule has 3 nitrogen and oxygen atoms in total. The molecular formula is C15H24O3. The highest BCUT2D eigenvalue weighted by Gasteiger charge is 2.11. The van der Waals surface area contributed by atoms with Gasteiger partial charge >= 0.3 is 0 Å². The van der Waals surface area contributed by atoms with Crippen LogP contribution in [0.3, 0.4) is 0 Å². The summed E-state index contributed by atoms with van der Waals surface area (Å²) in [6.45, 7) is 6.82. The van der Waals surface area contributed by atoms with Gasteiger partial charge in [0.1, 0.15) is 5.75 Å². The van der Waals surface area contributed by atoms with Crippen LogP contribution in [-0.4, -0.2) is 30.0 Å². The standard InChI is InChI=1S/C15H24O3/c1-4-18-15-12(3)7-11(2)8-14(15)6-5-13(9-16)10-17/h7-8,13,16-17H,4-6,9-10H2,1-3H3. The number of hydrogen-bond donors (Lipinski definition) is 2. The van der Waals surface area contributed by atoms with Gasteiger partial charge in [-0.1, -0.05) is 17.7 Å². The predicted molar refractivity (Wildman–Crippen MR) is 73.1 cm³/mol. The van der Waals surface area contributed by atoms with E-state index in [1.807, 2.05) is 6.92 Å². The second-order valence-corrected chi connectivity index (χ2v) is 4.77. The number of benzene rings is 1. The summed E-state index contributed by atoms with van der Waals surface area (Å²) in [6.07, 6.45) is 1.60. The highest BCUT2D eigenvalue weighted by molar-refractivity contribution is 5.44. The zero-order valence-corrected chi connectivity index (χ0v) is 11.6. The molecule has 102 valence electrons. The first-order valence-electron chi connectivity index (χ1n) is 6.57. The molecule has 0 saturated carbocycles. The molecule has 0 heterocycles. The van der Waals surface area contributed by atoms with Gasteiger partial charge in [0, 0.05) is 19.1 Å². The maximum Gasteiger partial charge on any atom is 0.125 e. The van der Waals surface area contributed by atoms with Crippen LogP contribution in [0.1, 0.15) is 30.0 Å². The molecule has 3 heteroatoms. The maximum atomic E-state index is 9.09. The normalized spacial score (nSPS) is 11.0. The molecular weight excluding hydrogens is 228 g/mol. The number of aryl methyl sites for hydroxylation is 3. The first-order valence-corrected chi connectivity index (χ1v) is 6.57. The molecule has 0 aliphatic rings. The van der Waals surface area contributed by atoms with Crippen molar-refractivity contribution in [1.29, 1.82) is 0 Å². The molecule has 1 aromatic carbocycles. The number of ether oxygens (including phenoxy) is 1. The summed E-state index contributed by atoms with van der Waals surface area (Å²) < 4.78 is 5.70. The van der Waals surface area contributed by atoms with Crippen LogP contribution in [0.25, 0.3) is 0 Å². The van der Waals surface area contributed by atoms with Crippen molar-refractivity contribution in [3.05, 3.63) is 28.8 Å². The van der Waals surface area contributed by atoms with Crippen molar-refractivity contribution >= 4 is 0 Å². The van der Waals surface area contributed by atoms with E-state index in [4.69, 9.17) is 14.9 Å². The van der Waals surface area contributed by atoms with Gasteiger partial charge in [0.05, 0.1) is 6.61 Å². The first kappa shape index (κ1) is 15.0. The Labute approximate surface area is 109 Å². The lowest BCUT2D eigenvalue weighted by molar-refractivity contribution is 0.144. The van der Waals surface area contributed by atoms with E-state index in [2.05, 4.69) is 26.0 Å². The molecule has 0 fully saturated rings. The first-order chi connectivity index (χ1) is 8.62. The van der Waals surface area contributed by atoms with E-state index in [-0.39, 0.29) is 19.1 Å². The average molecular weight is 252 g/mol. The third-order valence-corrected chi connectivity index (χ3v) is 3.12. The Bertz CT molecular complexity index is 370. The van der Waals surface area contributed by atoms with Crippen molar-refractivity contribution in [2.75, 3.05) is 19.8 Å². The van der Waals surface area contributed by atoms with Gasteiger partial charge < -0.3 is 14.9 Å². The van der Waals surface area contributed by atoms with Crippen molar-refractivity contribution in [2.45, 2.75) is 33.6 Å². The van der Waals surface area contributed by atoms with Crippen LogP contribution >= 0.6 is 0 Å². The summed E-state index contributed by atoms with van der Waals surface area (Å²) in [7, 11) is 0. The van der Waals surface area contributed by atoms with E-state index >= 15 is 0 Å². The Hall–Kier alpha value is -1.06. The van der Waals surface area contributed by atoms with E-state index < -0.39 is 0 Å². The minimum absolute atomic E-state index is 0.0330. The fourth-order valence-electron chi connectivity index (χ4n) is 2.18. The zero-order valence-electron chi connectivity index (χ0n) is 11.6. The molecule has 0 spiro atoms. The molecule has 0 aliphatic heterocycles. The fourth-order valence-corrected chi connectivity index (χ4v) is 2.18. The molecule has 2 N–H and O–H groups in total. The van der Waals surface area contributed by atoms with Crippen molar-refractivity contribution in [3.63, 3.8) is 0 Å². The summed E-state index contributed by atoms with van der Waals surface area (Å²) in [4.78, 5) is 0. The molecule has 1 rings (SSSR count). The van der Waals surface area contributed by atoms with Gasteiger partial charge in [-0.15, -0.1) is 0 Å². The van der Waals surface area contributed by atoms with Gasteiger partial charge in [-0.2, -0.15) is 0 Å². The van der Waals surface area contributed by atoms with Crippen LogP contribution in [0.15, 0.2) is 12.1 Å². The van der Waals surface area contributed by atoms with E-state index in [1.54, 1.807) is 0 Å². The molecule has 0 saturated heterocycles. The van der Waals surface area contributed by atoms with Crippen molar-refractivity contribution in [2.24, 2.45) is 5.92 Å². The fraction of sp³-hybridized carbons (Fsp3) is 0.600. The summed E-state index contributed by atoms with van der Waals surface area (Å²) in [5.41, 5.74) is 3.54. The third-order valence-electron chi connectivity index (χ3n) is 3.12. The van der Waals surface area contributed by atoms with Gasteiger partial charge in [-0.05, 0) is 44.7 Å². The van der Waals surface area contributed by atoms with Crippen LogP contribution in [-0.2, 0) is 6.42 Å². The van der Waals surface area contributed by atoms with Crippen LogP contribution < -0.4 is 4.74 Å². The minimum atomic E-state index is -0.0414. The Kier molecular flexibility index (Phi) is 6.16. The summed E-state index contributed by atoms with van der Waals surface area (Å²) in [6, 6.07) is 4.24. The largest absolute Gasteiger partial charge is 0.493 e. The number of rotatable bonds is 7. The van der Waals surface area contributed by atoms with Crippen molar-refractivity contribution in [1.82, 2.24) is 0 Å². The molecule has 0 radical (unpaired) electrons. The molecule has 0 bridgehead atoms. The summed E-state index contributed by atoms with van der Waals surface area (Å²) in [5, 5.41) is 18.2. The molecule has 0 aliphatic carbocycles. The van der Waals surface area contributed by atoms with Gasteiger partial charge in [0.25, 0.3) is 0 Å². The summed E-state index contributed by atoms with van der Waals surface area (Å²) >= 11 is 0. The Morgan fingerprint density at radius 3 is 2.39 bits per heavy atom. The van der Waals surface area contributed by atoms with E-state index in [0.717, 1.165) is 24.2 Å². The lowest BCUT2D eigenvalue weighted by atomic mass is 9.97. The maximum absolute atomic E-state index is 9.09. The zero-order chi connectivity index (χ0) is 13.5. The van der Waals surface area contributed by atoms with Crippen LogP contribution in [0.5, 0.6) is 5.75 Å². The van der Waals surface area contributed by atoms with Crippen LogP contribution in [0.2, 0.25) is 0 Å². The van der Waals surface area contributed by atoms with Gasteiger partial charge in [-0.3, -0.25) is 0 Å². The minimum Gasteiger partial charge on any atom is -0.493 e. The van der Waals surface area contributed by atoms with Crippen molar-refractivity contribution < 1.29 is 14.9 Å². The monoisotopic (exact) mass is 252 g/mol. The van der Waals surface area contributed by atoms with E-state index in [9.17, 15) is 0 Å². The van der Waals surface area contributed by atoms with Gasteiger partial charge in [0.2, 0.25) is 0 Å². The van der Waals surface area contributed by atoms with E-state index in [0.29, 0.717) is 6.61 Å². The lowest BCUT2D eigenvalue weighted by Gasteiger charge is -2.16. The quantitative estimate of drug-likeness (QED) is 0.782. The summed E-state index contributed by atoms with van der Waals surface area (Å²) in [5.74, 6) is 0.915.